The molecule has 6 nitrogen and oxygen atoms in total. The summed E-state index contributed by atoms with van der Waals surface area (Å²) in [6.45, 7) is 11.9. The summed E-state index contributed by atoms with van der Waals surface area (Å²) in [6, 6.07) is 0. The number of allylic oxidation sites excluding steroid dienone is 1. The van der Waals surface area contributed by atoms with E-state index >= 15 is 0 Å². The maximum Gasteiger partial charge on any atom is 0.302 e. The normalized spacial score (nSPS) is 52.7. The van der Waals surface area contributed by atoms with Crippen LogP contribution in [-0.2, 0) is 14.3 Å². The molecule has 5 fully saturated rings. The maximum atomic E-state index is 11.9. The molecule has 0 aromatic carbocycles. The van der Waals surface area contributed by atoms with Crippen LogP contribution in [0.3, 0.4) is 0 Å². The first-order valence-electron chi connectivity index (χ1n) is 14.3. The largest absolute Gasteiger partial charge is 0.462 e. The van der Waals surface area contributed by atoms with Gasteiger partial charge in [0.05, 0.1) is 11.4 Å². The quantitative estimate of drug-likeness (QED) is 0.263. The molecule has 2 aliphatic heterocycles. The molecule has 0 amide bonds. The van der Waals surface area contributed by atoms with Gasteiger partial charge in [-0.3, -0.25) is 4.79 Å². The minimum absolute atomic E-state index is 0.0566. The van der Waals surface area contributed by atoms with Gasteiger partial charge in [-0.25, -0.2) is 5.01 Å². The van der Waals surface area contributed by atoms with Crippen molar-refractivity contribution in [2.24, 2.45) is 51.6 Å². The smallest absolute Gasteiger partial charge is 0.302 e. The standard InChI is InChI=1S/C29H44N2O4/c1-17-8-13-29(31(16-17)30-33)18(2)26-25(35-29)15-24-22-7-6-20-14-21(34-19(3)32)9-11-27(20,4)23(22)10-12-28(24,26)5/h6,17-18,21-26H,7-16H2,1-5H3/t17?,18-,21?,22+,23-,24-,25-,26-,27-,28-,29?/m0/s1. The van der Waals surface area contributed by atoms with E-state index in [0.717, 1.165) is 51.5 Å². The predicted octanol–water partition coefficient (Wildman–Crippen LogP) is 6.25. The van der Waals surface area contributed by atoms with Gasteiger partial charge in [-0.05, 0) is 91.8 Å². The second-order valence-electron chi connectivity index (χ2n) is 13.6. The highest BCUT2D eigenvalue weighted by Gasteiger charge is 2.69. The van der Waals surface area contributed by atoms with Crippen molar-refractivity contribution >= 4 is 5.97 Å². The van der Waals surface area contributed by atoms with E-state index in [1.807, 2.05) is 0 Å². The fourth-order valence-corrected chi connectivity index (χ4v) is 10.5. The molecular formula is C29H44N2O4. The Balaban J connectivity index is 1.25. The van der Waals surface area contributed by atoms with Crippen LogP contribution in [0.25, 0.3) is 0 Å². The topological polar surface area (TPSA) is 68.2 Å². The summed E-state index contributed by atoms with van der Waals surface area (Å²) < 4.78 is 12.6. The number of carbonyl (C=O) groups excluding carboxylic acids is 1. The Morgan fingerprint density at radius 1 is 1.14 bits per heavy atom. The number of nitroso groups, excluding NO2 is 1. The average molecular weight is 485 g/mol. The fourth-order valence-electron chi connectivity index (χ4n) is 10.5. The number of esters is 1. The molecule has 0 aromatic heterocycles. The van der Waals surface area contributed by atoms with Crippen LogP contribution in [0.2, 0.25) is 0 Å². The molecule has 1 spiro atoms. The van der Waals surface area contributed by atoms with Gasteiger partial charge in [0.2, 0.25) is 0 Å². The fraction of sp³-hybridized carbons (Fsp3) is 0.897. The van der Waals surface area contributed by atoms with Gasteiger partial charge in [-0.1, -0.05) is 39.3 Å². The molecule has 194 valence electrons. The van der Waals surface area contributed by atoms with E-state index in [4.69, 9.17) is 9.47 Å². The molecule has 0 N–H and O–H groups in total. The Morgan fingerprint density at radius 3 is 2.69 bits per heavy atom. The highest BCUT2D eigenvalue weighted by Crippen LogP contribution is 2.70. The summed E-state index contributed by atoms with van der Waals surface area (Å²) in [7, 11) is 0. The molecule has 11 atom stereocenters. The molecule has 6 heteroatoms. The molecule has 35 heavy (non-hydrogen) atoms. The summed E-state index contributed by atoms with van der Waals surface area (Å²) >= 11 is 0. The minimum Gasteiger partial charge on any atom is -0.462 e. The summed E-state index contributed by atoms with van der Waals surface area (Å²) in [5.74, 6) is 3.27. The second-order valence-corrected chi connectivity index (χ2v) is 13.6. The van der Waals surface area contributed by atoms with Crippen molar-refractivity contribution in [3.05, 3.63) is 16.6 Å². The van der Waals surface area contributed by atoms with Gasteiger partial charge >= 0.3 is 5.97 Å². The van der Waals surface area contributed by atoms with E-state index in [1.54, 1.807) is 10.6 Å². The van der Waals surface area contributed by atoms with Crippen molar-refractivity contribution in [2.45, 2.75) is 110 Å². The van der Waals surface area contributed by atoms with Crippen molar-refractivity contribution in [3.8, 4) is 0 Å². The van der Waals surface area contributed by atoms with Gasteiger partial charge in [-0.15, -0.1) is 4.91 Å². The van der Waals surface area contributed by atoms with Gasteiger partial charge in [0, 0.05) is 25.8 Å². The molecule has 6 rings (SSSR count). The van der Waals surface area contributed by atoms with E-state index in [-0.39, 0.29) is 29.0 Å². The van der Waals surface area contributed by atoms with E-state index in [9.17, 15) is 9.70 Å². The van der Waals surface area contributed by atoms with Crippen LogP contribution in [0.1, 0.15) is 92.4 Å². The number of piperidine rings is 1. The highest BCUT2D eigenvalue weighted by molar-refractivity contribution is 5.66. The van der Waals surface area contributed by atoms with Crippen molar-refractivity contribution in [2.75, 3.05) is 6.54 Å². The molecule has 2 saturated heterocycles. The van der Waals surface area contributed by atoms with Crippen LogP contribution < -0.4 is 0 Å². The zero-order chi connectivity index (χ0) is 24.8. The number of carbonyl (C=O) groups is 1. The molecule has 2 heterocycles. The molecule has 3 saturated carbocycles. The Morgan fingerprint density at radius 2 is 1.94 bits per heavy atom. The molecule has 0 aromatic rings. The summed E-state index contributed by atoms with van der Waals surface area (Å²) in [5.41, 5.74) is 1.56. The van der Waals surface area contributed by atoms with Gasteiger partial charge < -0.3 is 9.47 Å². The SMILES string of the molecule is CC(=O)OC1CC[C@@]2(C)C(=CC[C@H]3[C@@H]4C[C@@H]5OC6(CCC(C)CN6N=O)[C@@H](C)[C@@H]5[C@@]4(C)CC[C@@H]32)C1. The first kappa shape index (κ1) is 23.9. The highest BCUT2D eigenvalue weighted by atomic mass is 16.5. The van der Waals surface area contributed by atoms with Gasteiger partial charge in [0.25, 0.3) is 0 Å². The van der Waals surface area contributed by atoms with Crippen LogP contribution in [-0.4, -0.2) is 35.5 Å². The van der Waals surface area contributed by atoms with Gasteiger partial charge in [0.1, 0.15) is 6.10 Å². The third-order valence-corrected chi connectivity index (χ3v) is 12.1. The van der Waals surface area contributed by atoms with Gasteiger partial charge in [-0.2, -0.15) is 0 Å². The van der Waals surface area contributed by atoms with Crippen LogP contribution in [0.5, 0.6) is 0 Å². The first-order chi connectivity index (χ1) is 16.6. The molecule has 4 aliphatic carbocycles. The number of nitrogens with zero attached hydrogens (tertiary/aromatic N) is 2. The van der Waals surface area contributed by atoms with E-state index in [1.165, 1.54) is 19.8 Å². The maximum absolute atomic E-state index is 11.9. The van der Waals surface area contributed by atoms with Crippen molar-refractivity contribution in [1.29, 1.82) is 0 Å². The minimum atomic E-state index is -0.491. The molecule has 3 unspecified atom stereocenters. The number of hydrogen-bond donors (Lipinski definition) is 0. The van der Waals surface area contributed by atoms with E-state index < -0.39 is 5.72 Å². The number of rotatable bonds is 2. The third-order valence-electron chi connectivity index (χ3n) is 12.1. The Kier molecular flexibility index (Phi) is 5.49. The van der Waals surface area contributed by atoms with Crippen molar-refractivity contribution < 1.29 is 14.3 Å². The first-order valence-corrected chi connectivity index (χ1v) is 14.3. The van der Waals surface area contributed by atoms with Crippen LogP contribution in [0.4, 0.5) is 0 Å². The van der Waals surface area contributed by atoms with Crippen LogP contribution in [0, 0.1) is 51.2 Å². The lowest BCUT2D eigenvalue weighted by atomic mass is 9.46. The summed E-state index contributed by atoms with van der Waals surface area (Å²) in [4.78, 5) is 23.4. The van der Waals surface area contributed by atoms with Crippen LogP contribution >= 0.6 is 0 Å². The van der Waals surface area contributed by atoms with Gasteiger partial charge in [0.15, 0.2) is 5.72 Å². The number of ether oxygens (including phenoxy) is 2. The lowest BCUT2D eigenvalue weighted by Crippen LogP contribution is -2.57. The zero-order valence-electron chi connectivity index (χ0n) is 22.3. The Bertz CT molecular complexity index is 936. The van der Waals surface area contributed by atoms with Crippen LogP contribution in [0.15, 0.2) is 16.9 Å². The van der Waals surface area contributed by atoms with E-state index in [0.29, 0.717) is 35.5 Å². The molecular weight excluding hydrogens is 440 g/mol. The molecule has 6 aliphatic rings. The average Bonchev–Trinajstić information content (AvgIpc) is 3.26. The summed E-state index contributed by atoms with van der Waals surface area (Å²) in [6.07, 6.45) is 12.7. The monoisotopic (exact) mass is 484 g/mol. The molecule has 0 radical (unpaired) electrons. The Labute approximate surface area is 210 Å². The zero-order valence-corrected chi connectivity index (χ0v) is 22.3. The van der Waals surface area contributed by atoms with Crippen molar-refractivity contribution in [3.63, 3.8) is 0 Å². The van der Waals surface area contributed by atoms with Crippen molar-refractivity contribution in [1.82, 2.24) is 5.01 Å². The number of fused-ring (bicyclic) bond motifs is 7. The predicted molar refractivity (Wildman–Crippen MR) is 134 cm³/mol. The second kappa shape index (κ2) is 8.03. The lowest BCUT2D eigenvalue weighted by Gasteiger charge is -2.58. The molecule has 0 bridgehead atoms. The number of hydrogen-bond acceptors (Lipinski definition) is 5. The summed E-state index contributed by atoms with van der Waals surface area (Å²) in [5, 5.41) is 5.28. The lowest BCUT2D eigenvalue weighted by molar-refractivity contribution is -0.196. The Hall–Kier alpha value is -1.43. The van der Waals surface area contributed by atoms with E-state index in [2.05, 4.69) is 39.1 Å². The third kappa shape index (κ3) is 3.26.